The SMILES string of the molecule is CN1CN(CCCCC(=O)CCl)c2c1c(=O)[nH]c(=O)n2C. The van der Waals surface area contributed by atoms with Gasteiger partial charge in [0.1, 0.15) is 17.3 Å². The van der Waals surface area contributed by atoms with Crippen molar-refractivity contribution in [1.82, 2.24) is 9.55 Å². The third-order valence-electron chi connectivity index (χ3n) is 3.62. The summed E-state index contributed by atoms with van der Waals surface area (Å²) >= 11 is 5.46. The van der Waals surface area contributed by atoms with E-state index in [9.17, 15) is 14.4 Å². The number of carbonyl (C=O) groups excluding carboxylic acids is 1. The number of aromatic nitrogens is 2. The summed E-state index contributed by atoms with van der Waals surface area (Å²) in [6.07, 6.45) is 2.02. The van der Waals surface area contributed by atoms with E-state index in [0.29, 0.717) is 31.1 Å². The molecular weight excluding hydrogens is 296 g/mol. The number of alkyl halides is 1. The largest absolute Gasteiger partial charge is 0.349 e. The zero-order valence-corrected chi connectivity index (χ0v) is 12.9. The Kier molecular flexibility index (Phi) is 4.72. The zero-order chi connectivity index (χ0) is 15.6. The maximum absolute atomic E-state index is 11.9. The van der Waals surface area contributed by atoms with Crippen LogP contribution in [0.15, 0.2) is 9.59 Å². The van der Waals surface area contributed by atoms with Gasteiger partial charge in [-0.1, -0.05) is 0 Å². The maximum atomic E-state index is 11.9. The van der Waals surface area contributed by atoms with Crippen molar-refractivity contribution >= 4 is 28.9 Å². The van der Waals surface area contributed by atoms with Gasteiger partial charge in [0.2, 0.25) is 0 Å². The summed E-state index contributed by atoms with van der Waals surface area (Å²) in [5.41, 5.74) is -0.277. The van der Waals surface area contributed by atoms with Crippen LogP contribution in [0.3, 0.4) is 0 Å². The Bertz CT molecular complexity index is 652. The lowest BCUT2D eigenvalue weighted by atomic mass is 10.2. The van der Waals surface area contributed by atoms with Gasteiger partial charge in [-0.25, -0.2) is 4.79 Å². The van der Waals surface area contributed by atoms with Crippen LogP contribution in [-0.2, 0) is 11.8 Å². The van der Waals surface area contributed by atoms with Crippen molar-refractivity contribution < 1.29 is 4.79 Å². The molecule has 1 N–H and O–H groups in total. The van der Waals surface area contributed by atoms with Gasteiger partial charge >= 0.3 is 5.69 Å². The van der Waals surface area contributed by atoms with E-state index in [1.165, 1.54) is 4.57 Å². The monoisotopic (exact) mass is 314 g/mol. The Hall–Kier alpha value is -1.76. The molecule has 2 rings (SSSR count). The van der Waals surface area contributed by atoms with E-state index >= 15 is 0 Å². The molecule has 0 atom stereocenters. The Balaban J connectivity index is 2.11. The third kappa shape index (κ3) is 3.12. The molecule has 0 spiro atoms. The summed E-state index contributed by atoms with van der Waals surface area (Å²) < 4.78 is 1.45. The summed E-state index contributed by atoms with van der Waals surface area (Å²) in [5.74, 6) is 0.730. The van der Waals surface area contributed by atoms with Crippen molar-refractivity contribution in [2.24, 2.45) is 7.05 Å². The van der Waals surface area contributed by atoms with Crippen molar-refractivity contribution in [2.45, 2.75) is 19.3 Å². The van der Waals surface area contributed by atoms with Crippen molar-refractivity contribution in [3.05, 3.63) is 20.8 Å². The molecular formula is C13H19ClN4O3. The number of Topliss-reactive ketones (excluding diaryl/α,β-unsaturated/α-hetero) is 1. The number of rotatable bonds is 6. The minimum absolute atomic E-state index is 0.0412. The Morgan fingerprint density at radius 2 is 2.00 bits per heavy atom. The average Bonchev–Trinajstić information content (AvgIpc) is 2.78. The van der Waals surface area contributed by atoms with Crippen LogP contribution in [0.4, 0.5) is 11.5 Å². The number of anilines is 2. The van der Waals surface area contributed by atoms with E-state index in [2.05, 4.69) is 4.98 Å². The number of H-pyrrole nitrogens is 1. The molecule has 116 valence electrons. The van der Waals surface area contributed by atoms with Crippen molar-refractivity contribution in [1.29, 1.82) is 0 Å². The molecule has 0 bridgehead atoms. The summed E-state index contributed by atoms with van der Waals surface area (Å²) in [6.45, 7) is 1.24. The lowest BCUT2D eigenvalue weighted by Crippen LogP contribution is -2.32. The number of nitrogens with one attached hydrogen (secondary N) is 1. The molecule has 0 aromatic carbocycles. The minimum Gasteiger partial charge on any atom is -0.349 e. The molecule has 0 saturated carbocycles. The number of unbranched alkanes of at least 4 members (excludes halogenated alkanes) is 1. The molecule has 1 aromatic heterocycles. The third-order valence-corrected chi connectivity index (χ3v) is 3.91. The van der Waals surface area contributed by atoms with Crippen molar-refractivity contribution in [2.75, 3.05) is 35.9 Å². The highest BCUT2D eigenvalue weighted by atomic mass is 35.5. The first-order chi connectivity index (χ1) is 9.95. The lowest BCUT2D eigenvalue weighted by Gasteiger charge is -2.20. The van der Waals surface area contributed by atoms with Gasteiger partial charge in [-0.3, -0.25) is 19.1 Å². The molecule has 8 heteroatoms. The number of carbonyl (C=O) groups is 1. The predicted octanol–water partition coefficient (Wildman–Crippen LogP) is 0.265. The highest BCUT2D eigenvalue weighted by Gasteiger charge is 2.28. The number of fused-ring (bicyclic) bond motifs is 1. The lowest BCUT2D eigenvalue weighted by molar-refractivity contribution is -0.116. The van der Waals surface area contributed by atoms with E-state index in [4.69, 9.17) is 11.6 Å². The van der Waals surface area contributed by atoms with Crippen LogP contribution in [0.5, 0.6) is 0 Å². The van der Waals surface area contributed by atoms with E-state index in [-0.39, 0.29) is 17.2 Å². The van der Waals surface area contributed by atoms with Crippen LogP contribution in [-0.4, -0.2) is 41.5 Å². The number of nitrogens with zero attached hydrogens (tertiary/aromatic N) is 3. The van der Waals surface area contributed by atoms with Gasteiger partial charge in [-0.15, -0.1) is 11.6 Å². The predicted molar refractivity (Wildman–Crippen MR) is 82.5 cm³/mol. The second-order valence-electron chi connectivity index (χ2n) is 5.22. The van der Waals surface area contributed by atoms with Gasteiger partial charge in [0.25, 0.3) is 5.56 Å². The smallest absolute Gasteiger partial charge is 0.329 e. The van der Waals surface area contributed by atoms with Crippen LogP contribution < -0.4 is 21.0 Å². The Morgan fingerprint density at radius 3 is 2.67 bits per heavy atom. The van der Waals surface area contributed by atoms with E-state index in [0.717, 1.165) is 12.8 Å². The second-order valence-corrected chi connectivity index (χ2v) is 5.49. The van der Waals surface area contributed by atoms with Gasteiger partial charge in [0.05, 0.1) is 12.5 Å². The number of hydrogen-bond donors (Lipinski definition) is 1. The van der Waals surface area contributed by atoms with Gasteiger partial charge in [0.15, 0.2) is 0 Å². The summed E-state index contributed by atoms with van der Waals surface area (Å²) in [4.78, 5) is 40.9. The van der Waals surface area contributed by atoms with Crippen LogP contribution in [0.25, 0.3) is 0 Å². The summed E-state index contributed by atoms with van der Waals surface area (Å²) in [7, 11) is 3.45. The second kappa shape index (κ2) is 6.34. The normalized spacial score (nSPS) is 13.7. The van der Waals surface area contributed by atoms with E-state index < -0.39 is 5.69 Å². The van der Waals surface area contributed by atoms with Crippen LogP contribution in [0.1, 0.15) is 19.3 Å². The molecule has 0 unspecified atom stereocenters. The fourth-order valence-electron chi connectivity index (χ4n) is 2.56. The van der Waals surface area contributed by atoms with Crippen molar-refractivity contribution in [3.8, 4) is 0 Å². The highest BCUT2D eigenvalue weighted by molar-refractivity contribution is 6.27. The standard InChI is InChI=1S/C13H19ClN4O3/c1-16-8-18(6-4-3-5-9(19)7-14)12-10(16)11(20)15-13(21)17(12)2/h3-8H2,1-2H3,(H,15,20,21). The van der Waals surface area contributed by atoms with Crippen LogP contribution >= 0.6 is 11.6 Å². The fourth-order valence-corrected chi connectivity index (χ4v) is 2.70. The first kappa shape index (κ1) is 15.6. The topological polar surface area (TPSA) is 78.4 Å². The zero-order valence-electron chi connectivity index (χ0n) is 12.2. The molecule has 1 aliphatic heterocycles. The molecule has 0 amide bonds. The number of halogens is 1. The highest BCUT2D eigenvalue weighted by Crippen LogP contribution is 2.29. The molecule has 0 saturated heterocycles. The Morgan fingerprint density at radius 1 is 1.29 bits per heavy atom. The number of hydrogen-bond acceptors (Lipinski definition) is 5. The fraction of sp³-hybridized carbons (Fsp3) is 0.615. The van der Waals surface area contributed by atoms with Gasteiger partial charge in [-0.05, 0) is 12.8 Å². The van der Waals surface area contributed by atoms with E-state index in [1.54, 1.807) is 7.05 Å². The van der Waals surface area contributed by atoms with Gasteiger partial charge in [0, 0.05) is 27.1 Å². The molecule has 0 aliphatic carbocycles. The van der Waals surface area contributed by atoms with Crippen LogP contribution in [0.2, 0.25) is 0 Å². The molecule has 0 radical (unpaired) electrons. The molecule has 1 aliphatic rings. The van der Waals surface area contributed by atoms with Gasteiger partial charge < -0.3 is 9.80 Å². The first-order valence-corrected chi connectivity index (χ1v) is 7.36. The molecule has 7 nitrogen and oxygen atoms in total. The summed E-state index contributed by atoms with van der Waals surface area (Å²) in [5, 5.41) is 0. The molecule has 21 heavy (non-hydrogen) atoms. The average molecular weight is 315 g/mol. The molecule has 0 fully saturated rings. The van der Waals surface area contributed by atoms with Crippen LogP contribution in [0, 0.1) is 0 Å². The van der Waals surface area contributed by atoms with Gasteiger partial charge in [-0.2, -0.15) is 0 Å². The number of ketones is 1. The quantitative estimate of drug-likeness (QED) is 0.602. The Labute approximate surface area is 127 Å². The van der Waals surface area contributed by atoms with Crippen molar-refractivity contribution in [3.63, 3.8) is 0 Å². The molecule has 2 heterocycles. The maximum Gasteiger partial charge on any atom is 0.329 e. The summed E-state index contributed by atoms with van der Waals surface area (Å²) in [6, 6.07) is 0. The molecule has 1 aromatic rings. The first-order valence-electron chi connectivity index (χ1n) is 6.82. The van der Waals surface area contributed by atoms with E-state index in [1.807, 2.05) is 16.8 Å². The minimum atomic E-state index is -0.420. The number of aromatic amines is 1.